The predicted molar refractivity (Wildman–Crippen MR) is 125 cm³/mol. The fourth-order valence-electron chi connectivity index (χ4n) is 5.87. The Kier molecular flexibility index (Phi) is 5.68. The van der Waals surface area contributed by atoms with Crippen molar-refractivity contribution >= 4 is 16.8 Å². The van der Waals surface area contributed by atoms with Crippen LogP contribution in [-0.2, 0) is 10.2 Å². The standard InChI is InChI=1S/C25H36N4O3/c1-27(2)14-22(31)29-16-25(8-10-28(11-9-25)13-17-4-5-17)23-19-7-6-18(32-3)12-20(19)26-24(23)21(29)15-30/h6-7,12,17,21,26,30H,4-5,8-11,13-16H2,1-3H3/t21-/m0/s1. The number of H-pyrrole nitrogens is 1. The number of methoxy groups -OCH3 is 1. The summed E-state index contributed by atoms with van der Waals surface area (Å²) in [6.45, 7) is 4.30. The number of aromatic nitrogens is 1. The summed E-state index contributed by atoms with van der Waals surface area (Å²) in [6.07, 6.45) is 4.83. The van der Waals surface area contributed by atoms with Gasteiger partial charge in [0.15, 0.2) is 0 Å². The third kappa shape index (κ3) is 3.80. The number of likely N-dealkylation sites (N-methyl/N-ethyl adjacent to an activating group) is 1. The lowest BCUT2D eigenvalue weighted by Gasteiger charge is -2.50. The molecule has 3 aliphatic rings. The molecule has 1 aliphatic carbocycles. The van der Waals surface area contributed by atoms with Crippen LogP contribution in [0.3, 0.4) is 0 Å². The second-order valence-corrected chi connectivity index (χ2v) is 10.3. The number of hydrogen-bond donors (Lipinski definition) is 2. The SMILES string of the molecule is COc1ccc2c3c([nH]c2c1)[C@H](CO)N(C(=O)CN(C)C)CC31CCN(CC2CC2)CC1. The summed E-state index contributed by atoms with van der Waals surface area (Å²) >= 11 is 0. The van der Waals surface area contributed by atoms with Gasteiger partial charge in [-0.3, -0.25) is 4.79 Å². The molecule has 3 heterocycles. The molecule has 1 spiro atoms. The Balaban J connectivity index is 1.57. The summed E-state index contributed by atoms with van der Waals surface area (Å²) in [7, 11) is 5.52. The van der Waals surface area contributed by atoms with Gasteiger partial charge < -0.3 is 29.5 Å². The molecule has 1 amide bonds. The average molecular weight is 441 g/mol. The fourth-order valence-corrected chi connectivity index (χ4v) is 5.87. The molecule has 7 heteroatoms. The van der Waals surface area contributed by atoms with E-state index in [9.17, 15) is 9.90 Å². The summed E-state index contributed by atoms with van der Waals surface area (Å²) < 4.78 is 5.46. The number of carbonyl (C=O) groups excluding carboxylic acids is 1. The number of aromatic amines is 1. The third-order valence-corrected chi connectivity index (χ3v) is 7.72. The first kappa shape index (κ1) is 21.7. The first-order chi connectivity index (χ1) is 15.4. The number of aliphatic hydroxyl groups is 1. The van der Waals surface area contributed by atoms with Gasteiger partial charge in [-0.25, -0.2) is 0 Å². The Labute approximate surface area is 190 Å². The van der Waals surface area contributed by atoms with E-state index >= 15 is 0 Å². The van der Waals surface area contributed by atoms with Crippen molar-refractivity contribution in [3.05, 3.63) is 29.5 Å². The summed E-state index contributed by atoms with van der Waals surface area (Å²) in [5.41, 5.74) is 3.25. The van der Waals surface area contributed by atoms with Gasteiger partial charge in [0.25, 0.3) is 0 Å². The van der Waals surface area contributed by atoms with Crippen molar-refractivity contribution in [3.8, 4) is 5.75 Å². The monoisotopic (exact) mass is 440 g/mol. The zero-order valence-corrected chi connectivity index (χ0v) is 19.6. The zero-order chi connectivity index (χ0) is 22.5. The van der Waals surface area contributed by atoms with Crippen LogP contribution in [0.1, 0.15) is 43.0 Å². The molecule has 0 bridgehead atoms. The minimum absolute atomic E-state index is 0.0794. The van der Waals surface area contributed by atoms with Crippen LogP contribution < -0.4 is 4.74 Å². The van der Waals surface area contributed by atoms with Crippen molar-refractivity contribution < 1.29 is 14.6 Å². The van der Waals surface area contributed by atoms with Gasteiger partial charge in [-0.15, -0.1) is 0 Å². The van der Waals surface area contributed by atoms with Crippen molar-refractivity contribution in [2.75, 3.05) is 60.5 Å². The minimum Gasteiger partial charge on any atom is -0.497 e. The number of fused-ring (bicyclic) bond motifs is 4. The first-order valence-electron chi connectivity index (χ1n) is 11.9. The Morgan fingerprint density at radius 2 is 2.03 bits per heavy atom. The summed E-state index contributed by atoms with van der Waals surface area (Å²) in [6, 6.07) is 5.85. The smallest absolute Gasteiger partial charge is 0.237 e. The number of aliphatic hydroxyl groups excluding tert-OH is 1. The fraction of sp³-hybridized carbons (Fsp3) is 0.640. The second kappa shape index (κ2) is 8.36. The maximum Gasteiger partial charge on any atom is 0.237 e. The number of amides is 1. The van der Waals surface area contributed by atoms with Gasteiger partial charge in [0.1, 0.15) is 5.75 Å². The highest BCUT2D eigenvalue weighted by Crippen LogP contribution is 2.49. The molecule has 174 valence electrons. The lowest BCUT2D eigenvalue weighted by atomic mass is 9.68. The molecule has 2 N–H and O–H groups in total. The van der Waals surface area contributed by atoms with Crippen LogP contribution in [0.4, 0.5) is 0 Å². The van der Waals surface area contributed by atoms with E-state index in [1.807, 2.05) is 36.0 Å². The van der Waals surface area contributed by atoms with Gasteiger partial charge in [-0.05, 0) is 76.5 Å². The number of piperidine rings is 1. The molecular formula is C25H36N4O3. The van der Waals surface area contributed by atoms with E-state index in [0.717, 1.165) is 48.8 Å². The van der Waals surface area contributed by atoms with Gasteiger partial charge in [-0.1, -0.05) is 0 Å². The maximum absolute atomic E-state index is 13.3. The molecular weight excluding hydrogens is 404 g/mol. The van der Waals surface area contributed by atoms with E-state index in [-0.39, 0.29) is 24.0 Å². The molecule has 32 heavy (non-hydrogen) atoms. The van der Waals surface area contributed by atoms with E-state index in [1.54, 1.807) is 7.11 Å². The number of nitrogens with one attached hydrogen (secondary N) is 1. The number of hydrogen-bond acceptors (Lipinski definition) is 5. The summed E-state index contributed by atoms with van der Waals surface area (Å²) in [5, 5.41) is 11.6. The normalized spacial score (nSPS) is 23.2. The molecule has 5 rings (SSSR count). The van der Waals surface area contributed by atoms with Crippen LogP contribution in [0.2, 0.25) is 0 Å². The van der Waals surface area contributed by atoms with E-state index in [2.05, 4.69) is 16.0 Å². The molecule has 1 saturated carbocycles. The zero-order valence-electron chi connectivity index (χ0n) is 19.6. The van der Waals surface area contributed by atoms with E-state index in [1.165, 1.54) is 30.3 Å². The summed E-state index contributed by atoms with van der Waals surface area (Å²) in [5.74, 6) is 1.78. The molecule has 1 aromatic heterocycles. The molecule has 1 saturated heterocycles. The number of likely N-dealkylation sites (tertiary alicyclic amines) is 1. The van der Waals surface area contributed by atoms with E-state index in [0.29, 0.717) is 13.1 Å². The second-order valence-electron chi connectivity index (χ2n) is 10.3. The molecule has 0 unspecified atom stereocenters. The quantitative estimate of drug-likeness (QED) is 0.722. The first-order valence-corrected chi connectivity index (χ1v) is 11.9. The highest BCUT2D eigenvalue weighted by atomic mass is 16.5. The minimum atomic E-state index is -0.342. The van der Waals surface area contributed by atoms with Crippen LogP contribution in [0.5, 0.6) is 5.75 Å². The van der Waals surface area contributed by atoms with Crippen molar-refractivity contribution in [2.24, 2.45) is 5.92 Å². The Morgan fingerprint density at radius 1 is 1.28 bits per heavy atom. The van der Waals surface area contributed by atoms with Crippen molar-refractivity contribution in [1.82, 2.24) is 19.7 Å². The lowest BCUT2D eigenvalue weighted by Crippen LogP contribution is -2.56. The van der Waals surface area contributed by atoms with Gasteiger partial charge in [-0.2, -0.15) is 0 Å². The molecule has 1 aromatic carbocycles. The van der Waals surface area contributed by atoms with Crippen molar-refractivity contribution in [2.45, 2.75) is 37.1 Å². The number of nitrogens with zero attached hydrogens (tertiary/aromatic N) is 3. The predicted octanol–water partition coefficient (Wildman–Crippen LogP) is 2.36. The average Bonchev–Trinajstić information content (AvgIpc) is 3.51. The van der Waals surface area contributed by atoms with Crippen LogP contribution in [0, 0.1) is 5.92 Å². The molecule has 2 aromatic rings. The highest BCUT2D eigenvalue weighted by Gasteiger charge is 2.48. The molecule has 7 nitrogen and oxygen atoms in total. The Morgan fingerprint density at radius 3 is 2.66 bits per heavy atom. The van der Waals surface area contributed by atoms with E-state index in [4.69, 9.17) is 4.74 Å². The van der Waals surface area contributed by atoms with Gasteiger partial charge in [0, 0.05) is 41.2 Å². The van der Waals surface area contributed by atoms with Crippen molar-refractivity contribution in [3.63, 3.8) is 0 Å². The molecule has 2 aliphatic heterocycles. The van der Waals surface area contributed by atoms with Crippen molar-refractivity contribution in [1.29, 1.82) is 0 Å². The molecule has 2 fully saturated rings. The number of benzene rings is 1. The largest absolute Gasteiger partial charge is 0.497 e. The highest BCUT2D eigenvalue weighted by molar-refractivity contribution is 5.89. The lowest BCUT2D eigenvalue weighted by molar-refractivity contribution is -0.138. The van der Waals surface area contributed by atoms with Crippen LogP contribution in [-0.4, -0.2) is 91.2 Å². The molecule has 0 radical (unpaired) electrons. The van der Waals surface area contributed by atoms with Crippen LogP contribution in [0.25, 0.3) is 10.9 Å². The van der Waals surface area contributed by atoms with Gasteiger partial charge in [0.2, 0.25) is 5.91 Å². The van der Waals surface area contributed by atoms with E-state index < -0.39 is 0 Å². The maximum atomic E-state index is 13.3. The topological polar surface area (TPSA) is 72.0 Å². The Bertz CT molecular complexity index is 988. The number of ether oxygens (including phenoxy) is 1. The van der Waals surface area contributed by atoms with Gasteiger partial charge in [0.05, 0.1) is 26.3 Å². The van der Waals surface area contributed by atoms with Crippen LogP contribution >= 0.6 is 0 Å². The number of carbonyl (C=O) groups is 1. The molecule has 1 atom stereocenters. The van der Waals surface area contributed by atoms with Crippen LogP contribution in [0.15, 0.2) is 18.2 Å². The summed E-state index contributed by atoms with van der Waals surface area (Å²) in [4.78, 5) is 23.3. The van der Waals surface area contributed by atoms with Gasteiger partial charge >= 0.3 is 0 Å². The Hall–Kier alpha value is -2.09. The number of rotatable bonds is 6. The third-order valence-electron chi connectivity index (χ3n) is 7.72.